The molecule has 2 atom stereocenters. The van der Waals surface area contributed by atoms with E-state index in [1.807, 2.05) is 12.1 Å². The lowest BCUT2D eigenvalue weighted by atomic mass is 10.0. The van der Waals surface area contributed by atoms with Gasteiger partial charge in [0, 0.05) is 13.1 Å². The van der Waals surface area contributed by atoms with Crippen LogP contribution in [-0.2, 0) is 16.4 Å². The number of nitrogens with zero attached hydrogens (tertiary/aromatic N) is 1. The molecule has 2 fully saturated rings. The van der Waals surface area contributed by atoms with E-state index >= 15 is 0 Å². The van der Waals surface area contributed by atoms with Crippen LogP contribution in [0.2, 0.25) is 0 Å². The fraction of sp³-hybridized carbons (Fsp3) is 0.600. The van der Waals surface area contributed by atoms with Crippen LogP contribution in [0.4, 0.5) is 0 Å². The summed E-state index contributed by atoms with van der Waals surface area (Å²) in [6, 6.07) is 7.18. The number of hydrogen-bond donors (Lipinski definition) is 1. The third-order valence-corrected chi connectivity index (χ3v) is 6.53. The zero-order valence-corrected chi connectivity index (χ0v) is 12.5. The molecule has 1 saturated carbocycles. The summed E-state index contributed by atoms with van der Waals surface area (Å²) in [6.07, 6.45) is 4.42. The summed E-state index contributed by atoms with van der Waals surface area (Å²) in [7, 11) is -3.31. The Morgan fingerprint density at radius 2 is 1.70 bits per heavy atom. The van der Waals surface area contributed by atoms with Crippen molar-refractivity contribution in [3.8, 4) is 0 Å². The fourth-order valence-electron chi connectivity index (χ4n) is 3.53. The number of sulfonamides is 1. The number of rotatable bonds is 4. The van der Waals surface area contributed by atoms with E-state index in [2.05, 4.69) is 0 Å². The van der Waals surface area contributed by atoms with Gasteiger partial charge in [0.2, 0.25) is 10.0 Å². The third-order valence-electron chi connectivity index (χ3n) is 4.69. The lowest BCUT2D eigenvalue weighted by Gasteiger charge is -2.17. The number of benzene rings is 1. The Labute approximate surface area is 121 Å². The van der Waals surface area contributed by atoms with Crippen molar-refractivity contribution < 1.29 is 8.42 Å². The second-order valence-corrected chi connectivity index (χ2v) is 7.89. The van der Waals surface area contributed by atoms with Gasteiger partial charge in [0.25, 0.3) is 0 Å². The van der Waals surface area contributed by atoms with Crippen molar-refractivity contribution in [3.63, 3.8) is 0 Å². The average Bonchev–Trinajstić information content (AvgIpc) is 3.00. The van der Waals surface area contributed by atoms with Gasteiger partial charge in [-0.1, -0.05) is 18.6 Å². The van der Waals surface area contributed by atoms with Crippen LogP contribution in [0.25, 0.3) is 0 Å². The van der Waals surface area contributed by atoms with E-state index in [1.165, 1.54) is 19.3 Å². The first-order chi connectivity index (χ1) is 9.61. The average molecular weight is 294 g/mol. The fourth-order valence-corrected chi connectivity index (χ4v) is 5.09. The molecule has 0 bridgehead atoms. The van der Waals surface area contributed by atoms with Crippen molar-refractivity contribution in [2.75, 3.05) is 19.6 Å². The van der Waals surface area contributed by atoms with E-state index in [9.17, 15) is 8.42 Å². The molecule has 1 aromatic carbocycles. The highest BCUT2D eigenvalue weighted by Gasteiger charge is 2.41. The van der Waals surface area contributed by atoms with Gasteiger partial charge in [-0.3, -0.25) is 0 Å². The van der Waals surface area contributed by atoms with E-state index in [4.69, 9.17) is 5.73 Å². The maximum Gasteiger partial charge on any atom is 0.243 e. The van der Waals surface area contributed by atoms with Crippen LogP contribution in [0.5, 0.6) is 0 Å². The van der Waals surface area contributed by atoms with Gasteiger partial charge in [-0.2, -0.15) is 4.31 Å². The molecule has 1 aliphatic carbocycles. The molecule has 1 saturated heterocycles. The summed E-state index contributed by atoms with van der Waals surface area (Å²) in [6.45, 7) is 2.00. The predicted octanol–water partition coefficient (Wildman–Crippen LogP) is 1.61. The molecule has 0 amide bonds. The zero-order valence-electron chi connectivity index (χ0n) is 11.7. The van der Waals surface area contributed by atoms with Gasteiger partial charge in [0.05, 0.1) is 4.90 Å². The highest BCUT2D eigenvalue weighted by atomic mass is 32.2. The minimum absolute atomic E-state index is 0.415. The van der Waals surface area contributed by atoms with Gasteiger partial charge in [0.1, 0.15) is 0 Å². The van der Waals surface area contributed by atoms with E-state index < -0.39 is 10.0 Å². The first-order valence-electron chi connectivity index (χ1n) is 7.40. The molecule has 3 rings (SSSR count). The van der Waals surface area contributed by atoms with Gasteiger partial charge in [-0.15, -0.1) is 0 Å². The summed E-state index contributed by atoms with van der Waals surface area (Å²) >= 11 is 0. The van der Waals surface area contributed by atoms with Gasteiger partial charge in [-0.25, -0.2) is 8.42 Å². The van der Waals surface area contributed by atoms with Crippen molar-refractivity contribution in [3.05, 3.63) is 29.8 Å². The Morgan fingerprint density at radius 3 is 2.25 bits per heavy atom. The predicted molar refractivity (Wildman–Crippen MR) is 78.8 cm³/mol. The Kier molecular flexibility index (Phi) is 3.84. The molecule has 4 nitrogen and oxygen atoms in total. The summed E-state index contributed by atoms with van der Waals surface area (Å²) in [5, 5.41) is 0. The summed E-state index contributed by atoms with van der Waals surface area (Å²) < 4.78 is 27.0. The van der Waals surface area contributed by atoms with Crippen molar-refractivity contribution in [2.45, 2.75) is 30.6 Å². The Hall–Kier alpha value is -0.910. The molecule has 1 heterocycles. The third kappa shape index (κ3) is 2.50. The van der Waals surface area contributed by atoms with Crippen LogP contribution in [0.15, 0.2) is 29.2 Å². The second kappa shape index (κ2) is 5.47. The lowest BCUT2D eigenvalue weighted by molar-refractivity contribution is 0.445. The Bertz CT molecular complexity index is 556. The van der Waals surface area contributed by atoms with Gasteiger partial charge in [-0.05, 0) is 55.3 Å². The quantitative estimate of drug-likeness (QED) is 0.917. The molecule has 1 aliphatic heterocycles. The lowest BCUT2D eigenvalue weighted by Crippen LogP contribution is -2.29. The van der Waals surface area contributed by atoms with E-state index in [0.717, 1.165) is 12.0 Å². The van der Waals surface area contributed by atoms with E-state index in [1.54, 1.807) is 16.4 Å². The van der Waals surface area contributed by atoms with Gasteiger partial charge in [0.15, 0.2) is 0 Å². The molecular formula is C15H22N2O2S. The van der Waals surface area contributed by atoms with E-state index in [0.29, 0.717) is 36.4 Å². The largest absolute Gasteiger partial charge is 0.330 e. The molecule has 0 spiro atoms. The Balaban J connectivity index is 1.78. The number of nitrogens with two attached hydrogens (primary N) is 1. The SMILES string of the molecule is NCCc1ccc(S(=O)(=O)N2CC3CCCC3C2)cc1. The molecular weight excluding hydrogens is 272 g/mol. The molecule has 1 aromatic rings. The van der Waals surface area contributed by atoms with Crippen LogP contribution < -0.4 is 5.73 Å². The minimum Gasteiger partial charge on any atom is -0.330 e. The van der Waals surface area contributed by atoms with Gasteiger partial charge >= 0.3 is 0 Å². The summed E-state index contributed by atoms with van der Waals surface area (Å²) in [4.78, 5) is 0.415. The second-order valence-electron chi connectivity index (χ2n) is 5.96. The van der Waals surface area contributed by atoms with Gasteiger partial charge < -0.3 is 5.73 Å². The van der Waals surface area contributed by atoms with Crippen LogP contribution >= 0.6 is 0 Å². The topological polar surface area (TPSA) is 63.4 Å². The molecule has 2 unspecified atom stereocenters. The van der Waals surface area contributed by atoms with Crippen LogP contribution in [0.1, 0.15) is 24.8 Å². The maximum absolute atomic E-state index is 12.6. The van der Waals surface area contributed by atoms with E-state index in [-0.39, 0.29) is 0 Å². The zero-order chi connectivity index (χ0) is 14.2. The number of hydrogen-bond acceptors (Lipinski definition) is 3. The monoisotopic (exact) mass is 294 g/mol. The van der Waals surface area contributed by atoms with Crippen LogP contribution in [0.3, 0.4) is 0 Å². The molecule has 0 radical (unpaired) electrons. The molecule has 2 aliphatic rings. The molecule has 20 heavy (non-hydrogen) atoms. The van der Waals surface area contributed by atoms with Crippen LogP contribution in [0, 0.1) is 11.8 Å². The normalized spacial score (nSPS) is 26.9. The first-order valence-corrected chi connectivity index (χ1v) is 8.84. The van der Waals surface area contributed by atoms with Crippen molar-refractivity contribution in [1.29, 1.82) is 0 Å². The van der Waals surface area contributed by atoms with Crippen molar-refractivity contribution in [2.24, 2.45) is 17.6 Å². The van der Waals surface area contributed by atoms with Crippen molar-refractivity contribution in [1.82, 2.24) is 4.31 Å². The smallest absolute Gasteiger partial charge is 0.243 e. The molecule has 2 N–H and O–H groups in total. The molecule has 0 aromatic heterocycles. The number of fused-ring (bicyclic) bond motifs is 1. The highest BCUT2D eigenvalue weighted by Crippen LogP contribution is 2.39. The summed E-state index contributed by atoms with van der Waals surface area (Å²) in [5.41, 5.74) is 6.60. The highest BCUT2D eigenvalue weighted by molar-refractivity contribution is 7.89. The Morgan fingerprint density at radius 1 is 1.10 bits per heavy atom. The van der Waals surface area contributed by atoms with Crippen LogP contribution in [-0.4, -0.2) is 32.4 Å². The summed E-state index contributed by atoms with van der Waals surface area (Å²) in [5.74, 6) is 1.17. The minimum atomic E-state index is -3.31. The maximum atomic E-state index is 12.6. The van der Waals surface area contributed by atoms with Crippen molar-refractivity contribution >= 4 is 10.0 Å². The first kappa shape index (κ1) is 14.0. The molecule has 110 valence electrons. The standard InChI is InChI=1S/C15H22N2O2S/c16-9-8-12-4-6-15(7-5-12)20(18,19)17-10-13-2-1-3-14(13)11-17/h4-7,13-14H,1-3,8-11,16H2. The molecule has 5 heteroatoms.